The molecule has 0 aliphatic heterocycles. The van der Waals surface area contributed by atoms with Crippen LogP contribution in [0.3, 0.4) is 0 Å². The molecular formula is C22H19Cl2NO5S. The number of amides is 1. The van der Waals surface area contributed by atoms with Crippen molar-refractivity contribution in [1.29, 1.82) is 0 Å². The van der Waals surface area contributed by atoms with Gasteiger partial charge in [-0.25, -0.2) is 8.42 Å². The van der Waals surface area contributed by atoms with Gasteiger partial charge in [-0.05, 0) is 67.6 Å². The summed E-state index contributed by atoms with van der Waals surface area (Å²) < 4.78 is 38.2. The van der Waals surface area contributed by atoms with Crippen LogP contribution in [0.25, 0.3) is 0 Å². The molecule has 0 heterocycles. The molecular weight excluding hydrogens is 461 g/mol. The molecule has 0 radical (unpaired) electrons. The third kappa shape index (κ3) is 5.50. The average molecular weight is 480 g/mol. The first-order valence-corrected chi connectivity index (χ1v) is 11.5. The van der Waals surface area contributed by atoms with Crippen LogP contribution in [0.4, 0.5) is 5.69 Å². The zero-order valence-corrected chi connectivity index (χ0v) is 18.8. The van der Waals surface area contributed by atoms with E-state index in [-0.39, 0.29) is 16.3 Å². The monoisotopic (exact) mass is 479 g/mol. The molecule has 0 fully saturated rings. The van der Waals surface area contributed by atoms with Gasteiger partial charge in [-0.15, -0.1) is 0 Å². The van der Waals surface area contributed by atoms with Crippen LogP contribution in [-0.4, -0.2) is 27.5 Å². The van der Waals surface area contributed by atoms with Crippen molar-refractivity contribution < 1.29 is 22.7 Å². The van der Waals surface area contributed by atoms with Crippen LogP contribution in [0.1, 0.15) is 6.92 Å². The van der Waals surface area contributed by atoms with E-state index in [1.54, 1.807) is 36.4 Å². The van der Waals surface area contributed by atoms with Crippen molar-refractivity contribution in [2.75, 3.05) is 17.5 Å². The van der Waals surface area contributed by atoms with E-state index in [2.05, 4.69) is 0 Å². The van der Waals surface area contributed by atoms with Crippen molar-refractivity contribution in [1.82, 2.24) is 0 Å². The lowest BCUT2D eigenvalue weighted by molar-refractivity contribution is -0.119. The van der Waals surface area contributed by atoms with E-state index in [1.165, 1.54) is 36.4 Å². The number of ether oxygens (including phenoxy) is 2. The minimum atomic E-state index is -4.24. The summed E-state index contributed by atoms with van der Waals surface area (Å²) in [6.45, 7) is 1.75. The third-order valence-corrected chi connectivity index (χ3v) is 6.48. The Labute approximate surface area is 191 Å². The summed E-state index contributed by atoms with van der Waals surface area (Å²) in [5.74, 6) is 0.0296. The fourth-order valence-corrected chi connectivity index (χ4v) is 4.46. The minimum Gasteiger partial charge on any atom is -0.494 e. The Morgan fingerprint density at radius 3 is 2.16 bits per heavy atom. The van der Waals surface area contributed by atoms with E-state index in [9.17, 15) is 13.2 Å². The second-order valence-electron chi connectivity index (χ2n) is 6.26. The standard InChI is InChI=1S/C22H19Cl2NO5S/c1-2-29-18-11-9-17(10-12-18)25(31(27,28)19-13-7-16(23)8-14-19)22(26)15-30-21-6-4-3-5-20(21)24/h3-14H,2,15H2,1H3. The zero-order valence-electron chi connectivity index (χ0n) is 16.5. The fourth-order valence-electron chi connectivity index (χ4n) is 2.73. The number of carbonyl (C=O) groups is 1. The van der Waals surface area contributed by atoms with Gasteiger partial charge in [-0.1, -0.05) is 35.3 Å². The highest BCUT2D eigenvalue weighted by atomic mass is 35.5. The van der Waals surface area contributed by atoms with E-state index in [0.717, 1.165) is 0 Å². The molecule has 0 atom stereocenters. The van der Waals surface area contributed by atoms with Gasteiger partial charge in [0.05, 0.1) is 22.2 Å². The molecule has 0 aliphatic rings. The first-order chi connectivity index (χ1) is 14.8. The smallest absolute Gasteiger partial charge is 0.278 e. The van der Waals surface area contributed by atoms with Gasteiger partial charge in [-0.3, -0.25) is 4.79 Å². The van der Waals surface area contributed by atoms with Gasteiger partial charge in [0, 0.05) is 5.02 Å². The van der Waals surface area contributed by atoms with Crippen LogP contribution < -0.4 is 13.8 Å². The molecule has 0 aromatic heterocycles. The molecule has 0 bridgehead atoms. The lowest BCUT2D eigenvalue weighted by Crippen LogP contribution is -2.40. The molecule has 6 nitrogen and oxygen atoms in total. The second-order valence-corrected chi connectivity index (χ2v) is 8.89. The fraction of sp³-hybridized carbons (Fsp3) is 0.136. The minimum absolute atomic E-state index is 0.0862. The Morgan fingerprint density at radius 2 is 1.55 bits per heavy atom. The van der Waals surface area contributed by atoms with Gasteiger partial charge in [-0.2, -0.15) is 4.31 Å². The van der Waals surface area contributed by atoms with Crippen molar-refractivity contribution in [3.05, 3.63) is 82.8 Å². The molecule has 0 aliphatic carbocycles. The van der Waals surface area contributed by atoms with Crippen molar-refractivity contribution in [3.63, 3.8) is 0 Å². The molecule has 0 saturated heterocycles. The number of sulfonamides is 1. The molecule has 162 valence electrons. The highest BCUT2D eigenvalue weighted by Crippen LogP contribution is 2.28. The molecule has 3 aromatic rings. The summed E-state index contributed by atoms with van der Waals surface area (Å²) in [6.07, 6.45) is 0. The van der Waals surface area contributed by atoms with E-state index in [4.69, 9.17) is 32.7 Å². The van der Waals surface area contributed by atoms with Crippen molar-refractivity contribution in [2.45, 2.75) is 11.8 Å². The Morgan fingerprint density at radius 1 is 0.903 bits per heavy atom. The molecule has 3 rings (SSSR count). The molecule has 0 N–H and O–H groups in total. The van der Waals surface area contributed by atoms with Crippen LogP contribution in [0, 0.1) is 0 Å². The number of nitrogens with zero attached hydrogens (tertiary/aromatic N) is 1. The predicted molar refractivity (Wildman–Crippen MR) is 121 cm³/mol. The van der Waals surface area contributed by atoms with E-state index < -0.39 is 22.5 Å². The molecule has 1 amide bonds. The number of benzene rings is 3. The Kier molecular flexibility index (Phi) is 7.43. The number of hydrogen-bond donors (Lipinski definition) is 0. The molecule has 0 saturated carbocycles. The Balaban J connectivity index is 1.96. The predicted octanol–water partition coefficient (Wildman–Crippen LogP) is 5.19. The zero-order chi connectivity index (χ0) is 22.4. The Bertz CT molecular complexity index is 1150. The average Bonchev–Trinajstić information content (AvgIpc) is 2.75. The lowest BCUT2D eigenvalue weighted by atomic mass is 10.3. The second kappa shape index (κ2) is 10.0. The number of anilines is 1. The highest BCUT2D eigenvalue weighted by Gasteiger charge is 2.31. The summed E-state index contributed by atoms with van der Waals surface area (Å²) in [5, 5.41) is 0.684. The maximum Gasteiger partial charge on any atom is 0.278 e. The van der Waals surface area contributed by atoms with Crippen LogP contribution in [0.5, 0.6) is 11.5 Å². The summed E-state index contributed by atoms with van der Waals surface area (Å²) >= 11 is 11.9. The van der Waals surface area contributed by atoms with Gasteiger partial charge in [0.1, 0.15) is 11.5 Å². The molecule has 31 heavy (non-hydrogen) atoms. The topological polar surface area (TPSA) is 72.9 Å². The van der Waals surface area contributed by atoms with E-state index in [1.807, 2.05) is 6.92 Å². The van der Waals surface area contributed by atoms with Crippen LogP contribution in [-0.2, 0) is 14.8 Å². The number of carbonyl (C=O) groups excluding carboxylic acids is 1. The maximum atomic E-state index is 13.3. The van der Waals surface area contributed by atoms with Crippen molar-refractivity contribution in [2.24, 2.45) is 0 Å². The van der Waals surface area contributed by atoms with Gasteiger partial charge in [0.2, 0.25) is 0 Å². The van der Waals surface area contributed by atoms with Crippen LogP contribution in [0.15, 0.2) is 77.7 Å². The van der Waals surface area contributed by atoms with Gasteiger partial charge in [0.15, 0.2) is 6.61 Å². The summed E-state index contributed by atoms with van der Waals surface area (Å²) in [6, 6.07) is 18.3. The number of halogens is 2. The number of para-hydroxylation sites is 1. The summed E-state index contributed by atoms with van der Waals surface area (Å²) in [4.78, 5) is 13.0. The van der Waals surface area contributed by atoms with Gasteiger partial charge in [0.25, 0.3) is 15.9 Å². The van der Waals surface area contributed by atoms with Crippen LogP contribution >= 0.6 is 23.2 Å². The van der Waals surface area contributed by atoms with E-state index in [0.29, 0.717) is 26.7 Å². The third-order valence-electron chi connectivity index (χ3n) is 4.15. The maximum absolute atomic E-state index is 13.3. The highest BCUT2D eigenvalue weighted by molar-refractivity contribution is 7.93. The summed E-state index contributed by atoms with van der Waals surface area (Å²) in [7, 11) is -4.24. The first kappa shape index (κ1) is 22.9. The molecule has 0 unspecified atom stereocenters. The van der Waals surface area contributed by atoms with Gasteiger partial charge >= 0.3 is 0 Å². The molecule has 9 heteroatoms. The number of rotatable bonds is 8. The molecule has 3 aromatic carbocycles. The first-order valence-electron chi connectivity index (χ1n) is 9.27. The van der Waals surface area contributed by atoms with Crippen molar-refractivity contribution >= 4 is 44.8 Å². The Hall–Kier alpha value is -2.74. The molecule has 0 spiro atoms. The SMILES string of the molecule is CCOc1ccc(N(C(=O)COc2ccccc2Cl)S(=O)(=O)c2ccc(Cl)cc2)cc1. The van der Waals surface area contributed by atoms with Gasteiger partial charge < -0.3 is 9.47 Å². The quantitative estimate of drug-likeness (QED) is 0.444. The normalized spacial score (nSPS) is 11.1. The lowest BCUT2D eigenvalue weighted by Gasteiger charge is -2.23. The summed E-state index contributed by atoms with van der Waals surface area (Å²) in [5.41, 5.74) is 0.145. The largest absolute Gasteiger partial charge is 0.494 e. The van der Waals surface area contributed by atoms with Crippen molar-refractivity contribution in [3.8, 4) is 11.5 Å². The van der Waals surface area contributed by atoms with Crippen LogP contribution in [0.2, 0.25) is 10.0 Å². The van der Waals surface area contributed by atoms with E-state index >= 15 is 0 Å². The number of hydrogen-bond acceptors (Lipinski definition) is 5.